The van der Waals surface area contributed by atoms with E-state index in [0.29, 0.717) is 22.5 Å². The lowest BCUT2D eigenvalue weighted by atomic mass is 10.2. The highest BCUT2D eigenvalue weighted by Crippen LogP contribution is 2.26. The Kier molecular flexibility index (Phi) is 5.68. The van der Waals surface area contributed by atoms with Crippen LogP contribution in [0.15, 0.2) is 24.4 Å². The zero-order valence-corrected chi connectivity index (χ0v) is 14.2. The minimum atomic E-state index is 0.581. The molecule has 0 aliphatic heterocycles. The van der Waals surface area contributed by atoms with Gasteiger partial charge in [0.15, 0.2) is 0 Å². The SMILES string of the molecule is Cc1c(CNCC(C)C)cnn1Cc1cccc(Cl)c1Cl. The Hall–Kier alpha value is -1.03. The molecule has 5 heteroatoms. The van der Waals surface area contributed by atoms with Crippen LogP contribution in [-0.4, -0.2) is 16.3 Å². The minimum Gasteiger partial charge on any atom is -0.312 e. The lowest BCUT2D eigenvalue weighted by Crippen LogP contribution is -2.19. The number of nitrogens with one attached hydrogen (secondary N) is 1. The zero-order chi connectivity index (χ0) is 15.4. The van der Waals surface area contributed by atoms with Crippen molar-refractivity contribution >= 4 is 23.2 Å². The average Bonchev–Trinajstić information content (AvgIpc) is 2.76. The van der Waals surface area contributed by atoms with Crippen LogP contribution in [0.2, 0.25) is 10.0 Å². The van der Waals surface area contributed by atoms with Crippen LogP contribution < -0.4 is 5.32 Å². The highest BCUT2D eigenvalue weighted by atomic mass is 35.5. The third kappa shape index (κ3) is 4.22. The number of benzene rings is 1. The van der Waals surface area contributed by atoms with Crippen LogP contribution in [0.5, 0.6) is 0 Å². The standard InChI is InChI=1S/C16H21Cl2N3/c1-11(2)7-19-8-14-9-20-21(12(14)3)10-13-5-4-6-15(17)16(13)18/h4-6,9,11,19H,7-8,10H2,1-3H3. The minimum absolute atomic E-state index is 0.581. The topological polar surface area (TPSA) is 29.9 Å². The van der Waals surface area contributed by atoms with Crippen molar-refractivity contribution in [3.05, 3.63) is 51.3 Å². The molecular weight excluding hydrogens is 305 g/mol. The van der Waals surface area contributed by atoms with Gasteiger partial charge in [-0.15, -0.1) is 0 Å². The van der Waals surface area contributed by atoms with Crippen LogP contribution in [0.4, 0.5) is 0 Å². The normalized spacial score (nSPS) is 11.3. The van der Waals surface area contributed by atoms with E-state index in [4.69, 9.17) is 23.2 Å². The molecular formula is C16H21Cl2N3. The van der Waals surface area contributed by atoms with E-state index in [0.717, 1.165) is 24.3 Å². The van der Waals surface area contributed by atoms with Gasteiger partial charge in [-0.05, 0) is 31.0 Å². The van der Waals surface area contributed by atoms with Gasteiger partial charge in [-0.1, -0.05) is 49.2 Å². The third-order valence-corrected chi connectivity index (χ3v) is 4.28. The van der Waals surface area contributed by atoms with E-state index in [1.807, 2.05) is 23.0 Å². The third-order valence-electron chi connectivity index (χ3n) is 3.42. The van der Waals surface area contributed by atoms with Crippen molar-refractivity contribution in [3.63, 3.8) is 0 Å². The van der Waals surface area contributed by atoms with Crippen molar-refractivity contribution in [1.82, 2.24) is 15.1 Å². The summed E-state index contributed by atoms with van der Waals surface area (Å²) >= 11 is 12.3. The molecule has 0 unspecified atom stereocenters. The molecule has 0 bridgehead atoms. The van der Waals surface area contributed by atoms with Crippen molar-refractivity contribution in [2.45, 2.75) is 33.9 Å². The van der Waals surface area contributed by atoms with Crippen molar-refractivity contribution in [3.8, 4) is 0 Å². The zero-order valence-electron chi connectivity index (χ0n) is 12.7. The van der Waals surface area contributed by atoms with Crippen LogP contribution in [0.3, 0.4) is 0 Å². The highest BCUT2D eigenvalue weighted by molar-refractivity contribution is 6.42. The molecule has 0 atom stereocenters. The molecule has 2 rings (SSSR count). The number of nitrogens with zero attached hydrogens (tertiary/aromatic N) is 2. The summed E-state index contributed by atoms with van der Waals surface area (Å²) in [6, 6.07) is 5.68. The molecule has 3 nitrogen and oxygen atoms in total. The molecule has 0 spiro atoms. The van der Waals surface area contributed by atoms with E-state index in [-0.39, 0.29) is 0 Å². The molecule has 1 aromatic heterocycles. The van der Waals surface area contributed by atoms with E-state index < -0.39 is 0 Å². The van der Waals surface area contributed by atoms with Gasteiger partial charge in [0.05, 0.1) is 22.8 Å². The summed E-state index contributed by atoms with van der Waals surface area (Å²) in [7, 11) is 0. The van der Waals surface area contributed by atoms with Gasteiger partial charge < -0.3 is 5.32 Å². The van der Waals surface area contributed by atoms with Gasteiger partial charge in [-0.3, -0.25) is 4.68 Å². The van der Waals surface area contributed by atoms with Crippen molar-refractivity contribution in [2.75, 3.05) is 6.54 Å². The largest absolute Gasteiger partial charge is 0.312 e. The smallest absolute Gasteiger partial charge is 0.0677 e. The fraction of sp³-hybridized carbons (Fsp3) is 0.438. The first-order valence-corrected chi connectivity index (χ1v) is 7.89. The summed E-state index contributed by atoms with van der Waals surface area (Å²) in [5.74, 6) is 0.644. The molecule has 0 fully saturated rings. The van der Waals surface area contributed by atoms with Crippen LogP contribution in [-0.2, 0) is 13.1 Å². The molecule has 21 heavy (non-hydrogen) atoms. The molecule has 114 valence electrons. The van der Waals surface area contributed by atoms with E-state index >= 15 is 0 Å². The van der Waals surface area contributed by atoms with E-state index in [2.05, 4.69) is 31.2 Å². The van der Waals surface area contributed by atoms with Gasteiger partial charge in [0.1, 0.15) is 0 Å². The molecule has 0 saturated heterocycles. The summed E-state index contributed by atoms with van der Waals surface area (Å²) < 4.78 is 1.96. The molecule has 2 aromatic rings. The molecule has 0 aliphatic carbocycles. The van der Waals surface area contributed by atoms with Crippen LogP contribution in [0.1, 0.15) is 30.7 Å². The fourth-order valence-electron chi connectivity index (χ4n) is 2.15. The van der Waals surface area contributed by atoms with Crippen LogP contribution in [0, 0.1) is 12.8 Å². The number of hydrogen-bond donors (Lipinski definition) is 1. The van der Waals surface area contributed by atoms with Gasteiger partial charge >= 0.3 is 0 Å². The second-order valence-electron chi connectivity index (χ2n) is 5.65. The van der Waals surface area contributed by atoms with Gasteiger partial charge in [-0.25, -0.2) is 0 Å². The Bertz CT molecular complexity index is 606. The fourth-order valence-corrected chi connectivity index (χ4v) is 2.53. The average molecular weight is 326 g/mol. The second kappa shape index (κ2) is 7.30. The first-order valence-electron chi connectivity index (χ1n) is 7.14. The maximum atomic E-state index is 6.24. The Labute approximate surface area is 136 Å². The van der Waals surface area contributed by atoms with Crippen LogP contribution >= 0.6 is 23.2 Å². The second-order valence-corrected chi connectivity index (χ2v) is 6.44. The predicted octanol–water partition coefficient (Wildman–Crippen LogP) is 4.29. The van der Waals surface area contributed by atoms with Crippen molar-refractivity contribution in [1.29, 1.82) is 0 Å². The molecule has 1 N–H and O–H groups in total. The van der Waals surface area contributed by atoms with Crippen LogP contribution in [0.25, 0.3) is 0 Å². The van der Waals surface area contributed by atoms with Gasteiger partial charge in [0.25, 0.3) is 0 Å². The van der Waals surface area contributed by atoms with E-state index in [1.54, 1.807) is 6.07 Å². The molecule has 0 saturated carbocycles. The maximum Gasteiger partial charge on any atom is 0.0677 e. The Morgan fingerprint density at radius 2 is 2.00 bits per heavy atom. The van der Waals surface area contributed by atoms with Crippen molar-refractivity contribution < 1.29 is 0 Å². The predicted molar refractivity (Wildman–Crippen MR) is 89.1 cm³/mol. The summed E-state index contributed by atoms with van der Waals surface area (Å²) in [6.45, 7) is 8.96. The van der Waals surface area contributed by atoms with Gasteiger partial charge in [0, 0.05) is 17.8 Å². The lowest BCUT2D eigenvalue weighted by molar-refractivity contribution is 0.551. The molecule has 0 amide bonds. The quantitative estimate of drug-likeness (QED) is 0.858. The highest BCUT2D eigenvalue weighted by Gasteiger charge is 2.10. The Morgan fingerprint density at radius 3 is 2.71 bits per heavy atom. The first kappa shape index (κ1) is 16.3. The van der Waals surface area contributed by atoms with E-state index in [1.165, 1.54) is 5.56 Å². The number of aromatic nitrogens is 2. The number of rotatable bonds is 6. The van der Waals surface area contributed by atoms with E-state index in [9.17, 15) is 0 Å². The lowest BCUT2D eigenvalue weighted by Gasteiger charge is -2.09. The van der Waals surface area contributed by atoms with Gasteiger partial charge in [0.2, 0.25) is 0 Å². The summed E-state index contributed by atoms with van der Waals surface area (Å²) in [5, 5.41) is 9.08. The van der Waals surface area contributed by atoms with Crippen molar-refractivity contribution in [2.24, 2.45) is 5.92 Å². The summed E-state index contributed by atoms with van der Waals surface area (Å²) in [6.07, 6.45) is 1.92. The maximum absolute atomic E-state index is 6.24. The summed E-state index contributed by atoms with van der Waals surface area (Å²) in [5.41, 5.74) is 3.35. The Balaban J connectivity index is 2.08. The molecule has 0 aliphatic rings. The Morgan fingerprint density at radius 1 is 1.24 bits per heavy atom. The summed E-state index contributed by atoms with van der Waals surface area (Å²) in [4.78, 5) is 0. The molecule has 0 radical (unpaired) electrons. The monoisotopic (exact) mass is 325 g/mol. The first-order chi connectivity index (χ1) is 9.99. The molecule has 1 heterocycles. The van der Waals surface area contributed by atoms with Gasteiger partial charge in [-0.2, -0.15) is 5.10 Å². The number of halogens is 2. The molecule has 1 aromatic carbocycles. The number of hydrogen-bond acceptors (Lipinski definition) is 2.